The first-order chi connectivity index (χ1) is 25.3. The summed E-state index contributed by atoms with van der Waals surface area (Å²) in [5, 5.41) is 7.75. The van der Waals surface area contributed by atoms with Crippen molar-refractivity contribution in [2.45, 2.75) is 19.8 Å². The molecular formula is C41H33F2N5O4. The number of rotatable bonds is 11. The summed E-state index contributed by atoms with van der Waals surface area (Å²) < 4.78 is 47.0. The number of primary amides is 1. The Morgan fingerprint density at radius 2 is 1.69 bits per heavy atom. The number of hydrogen-bond acceptors (Lipinski definition) is 7. The Hall–Kier alpha value is -6.62. The fourth-order valence-corrected chi connectivity index (χ4v) is 5.98. The van der Waals surface area contributed by atoms with Crippen LogP contribution < -0.4 is 25.0 Å². The van der Waals surface area contributed by atoms with E-state index < -0.39 is 17.7 Å². The number of anilines is 1. The molecule has 5 aromatic carbocycles. The van der Waals surface area contributed by atoms with Crippen molar-refractivity contribution in [1.82, 2.24) is 9.97 Å². The number of carbonyl (C=O) groups excluding carboxylic acids is 1. The maximum atomic E-state index is 15.3. The van der Waals surface area contributed by atoms with Crippen LogP contribution in [0.2, 0.25) is 0 Å². The number of amides is 2. The first-order valence-corrected chi connectivity index (χ1v) is 16.5. The summed E-state index contributed by atoms with van der Waals surface area (Å²) >= 11 is 0. The second-order valence-electron chi connectivity index (χ2n) is 12.1. The molecule has 0 unspecified atom stereocenters. The van der Waals surface area contributed by atoms with Crippen molar-refractivity contribution < 1.29 is 27.8 Å². The highest BCUT2D eigenvalue weighted by molar-refractivity contribution is 5.95. The molecule has 0 bridgehead atoms. The summed E-state index contributed by atoms with van der Waals surface area (Å²) in [7, 11) is 1.55. The molecule has 0 aliphatic heterocycles. The number of hydrazone groups is 1. The van der Waals surface area contributed by atoms with Crippen molar-refractivity contribution in [3.05, 3.63) is 138 Å². The molecule has 2 heterocycles. The minimum absolute atomic E-state index is 0.0479. The van der Waals surface area contributed by atoms with Crippen molar-refractivity contribution in [3.63, 3.8) is 0 Å². The molecule has 7 aromatic rings. The molecule has 0 aliphatic carbocycles. The van der Waals surface area contributed by atoms with Gasteiger partial charge in [-0.1, -0.05) is 36.4 Å². The number of nitrogens with zero attached hydrogens (tertiary/aromatic N) is 4. The number of halogens is 2. The Kier molecular flexibility index (Phi) is 9.57. The number of aryl methyl sites for hydroxylation is 2. The fourth-order valence-electron chi connectivity index (χ4n) is 5.98. The summed E-state index contributed by atoms with van der Waals surface area (Å²) in [5.74, 6) is 0.0781. The zero-order valence-electron chi connectivity index (χ0n) is 28.3. The highest BCUT2D eigenvalue weighted by Gasteiger charge is 2.16. The predicted octanol–water partition coefficient (Wildman–Crippen LogP) is 9.25. The lowest BCUT2D eigenvalue weighted by Crippen LogP contribution is -2.31. The number of nitrogens with two attached hydrogens (primary N) is 1. The Labute approximate surface area is 297 Å². The van der Waals surface area contributed by atoms with E-state index in [4.69, 9.17) is 24.9 Å². The SMILES string of the molecule is COc1cc2c(Oc3ccc(/C=N/N(C(N)=O)c4cc(F)ccc4C)cc3F)ccnc2cc1OCCCc1cccc2nc3ccccc3cc12. The van der Waals surface area contributed by atoms with Crippen LogP contribution in [-0.4, -0.2) is 35.9 Å². The van der Waals surface area contributed by atoms with E-state index in [0.29, 0.717) is 45.9 Å². The first kappa shape index (κ1) is 33.9. The van der Waals surface area contributed by atoms with Crippen molar-refractivity contribution in [2.24, 2.45) is 10.8 Å². The third kappa shape index (κ3) is 7.15. The third-order valence-electron chi connectivity index (χ3n) is 8.59. The fraction of sp³-hybridized carbons (Fsp3) is 0.122. The van der Waals surface area contributed by atoms with Gasteiger partial charge in [0, 0.05) is 34.5 Å². The van der Waals surface area contributed by atoms with Gasteiger partial charge in [0.15, 0.2) is 23.1 Å². The zero-order chi connectivity index (χ0) is 36.2. The molecule has 0 radical (unpaired) electrons. The topological polar surface area (TPSA) is 112 Å². The van der Waals surface area contributed by atoms with E-state index >= 15 is 4.39 Å². The zero-order valence-corrected chi connectivity index (χ0v) is 28.3. The second-order valence-corrected chi connectivity index (χ2v) is 12.1. The smallest absolute Gasteiger partial charge is 0.340 e. The molecule has 0 fully saturated rings. The molecular weight excluding hydrogens is 664 g/mol. The van der Waals surface area contributed by atoms with Gasteiger partial charge in [-0.3, -0.25) is 4.98 Å². The Bertz CT molecular complexity index is 2490. The number of hydrogen-bond donors (Lipinski definition) is 1. The lowest BCUT2D eigenvalue weighted by Gasteiger charge is -2.17. The lowest BCUT2D eigenvalue weighted by atomic mass is 10.0. The molecule has 7 rings (SSSR count). The normalized spacial score (nSPS) is 11.4. The average molecular weight is 698 g/mol. The van der Waals surface area contributed by atoms with Gasteiger partial charge in [-0.15, -0.1) is 0 Å². The molecule has 2 aromatic heterocycles. The molecule has 9 nitrogen and oxygen atoms in total. The summed E-state index contributed by atoms with van der Waals surface area (Å²) in [6, 6.07) is 28.8. The van der Waals surface area contributed by atoms with Gasteiger partial charge in [-0.2, -0.15) is 10.1 Å². The molecule has 2 N–H and O–H groups in total. The van der Waals surface area contributed by atoms with Crippen LogP contribution in [0.15, 0.2) is 114 Å². The number of benzene rings is 5. The van der Waals surface area contributed by atoms with E-state index in [1.54, 1.807) is 44.5 Å². The first-order valence-electron chi connectivity index (χ1n) is 16.5. The van der Waals surface area contributed by atoms with E-state index in [9.17, 15) is 9.18 Å². The van der Waals surface area contributed by atoms with E-state index in [0.717, 1.165) is 45.7 Å². The van der Waals surface area contributed by atoms with Gasteiger partial charge in [-0.25, -0.2) is 18.6 Å². The van der Waals surface area contributed by atoms with Crippen molar-refractivity contribution in [3.8, 4) is 23.0 Å². The quantitative estimate of drug-likeness (QED) is 0.0624. The number of pyridine rings is 2. The molecule has 0 saturated carbocycles. The van der Waals surface area contributed by atoms with Crippen LogP contribution in [0.5, 0.6) is 23.0 Å². The van der Waals surface area contributed by atoms with Crippen molar-refractivity contribution in [2.75, 3.05) is 18.7 Å². The molecule has 2 amide bonds. The monoisotopic (exact) mass is 697 g/mol. The van der Waals surface area contributed by atoms with Gasteiger partial charge in [-0.05, 0) is 91.1 Å². The molecule has 260 valence electrons. The highest BCUT2D eigenvalue weighted by atomic mass is 19.1. The van der Waals surface area contributed by atoms with Crippen LogP contribution in [0.1, 0.15) is 23.1 Å². The maximum absolute atomic E-state index is 15.3. The van der Waals surface area contributed by atoms with Crippen LogP contribution in [-0.2, 0) is 6.42 Å². The van der Waals surface area contributed by atoms with Gasteiger partial charge in [0.05, 0.1) is 42.2 Å². The third-order valence-corrected chi connectivity index (χ3v) is 8.59. The van der Waals surface area contributed by atoms with E-state index in [2.05, 4.69) is 28.3 Å². The van der Waals surface area contributed by atoms with Gasteiger partial charge in [0.25, 0.3) is 0 Å². The number of carbonyl (C=O) groups is 1. The van der Waals surface area contributed by atoms with Gasteiger partial charge < -0.3 is 19.9 Å². The van der Waals surface area contributed by atoms with Gasteiger partial charge in [0.2, 0.25) is 0 Å². The molecule has 0 aliphatic rings. The van der Waals surface area contributed by atoms with E-state index in [-0.39, 0.29) is 11.4 Å². The number of urea groups is 1. The second kappa shape index (κ2) is 14.7. The van der Waals surface area contributed by atoms with E-state index in [1.807, 2.05) is 30.3 Å². The Morgan fingerprint density at radius 3 is 2.52 bits per heavy atom. The van der Waals surface area contributed by atoms with Crippen LogP contribution >= 0.6 is 0 Å². The minimum Gasteiger partial charge on any atom is -0.493 e. The molecule has 0 saturated heterocycles. The largest absolute Gasteiger partial charge is 0.493 e. The highest BCUT2D eigenvalue weighted by Crippen LogP contribution is 2.38. The van der Waals surface area contributed by atoms with Crippen LogP contribution in [0.4, 0.5) is 19.3 Å². The van der Waals surface area contributed by atoms with Crippen molar-refractivity contribution in [1.29, 1.82) is 0 Å². The van der Waals surface area contributed by atoms with Crippen LogP contribution in [0.3, 0.4) is 0 Å². The Balaban J connectivity index is 1.05. The van der Waals surface area contributed by atoms with E-state index in [1.165, 1.54) is 36.0 Å². The summed E-state index contributed by atoms with van der Waals surface area (Å²) in [6.07, 6.45) is 4.37. The molecule has 52 heavy (non-hydrogen) atoms. The lowest BCUT2D eigenvalue weighted by molar-refractivity contribution is 0.254. The number of fused-ring (bicyclic) bond motifs is 3. The number of para-hydroxylation sites is 1. The summed E-state index contributed by atoms with van der Waals surface area (Å²) in [4.78, 5) is 21.4. The number of methoxy groups -OCH3 is 1. The molecule has 11 heteroatoms. The van der Waals surface area contributed by atoms with Crippen LogP contribution in [0, 0.1) is 18.6 Å². The maximum Gasteiger partial charge on any atom is 0.340 e. The molecule has 0 atom stereocenters. The minimum atomic E-state index is -0.925. The van der Waals surface area contributed by atoms with Gasteiger partial charge in [0.1, 0.15) is 11.6 Å². The summed E-state index contributed by atoms with van der Waals surface area (Å²) in [6.45, 7) is 2.13. The van der Waals surface area contributed by atoms with Gasteiger partial charge >= 0.3 is 6.03 Å². The standard InChI is InChI=1S/C41H33F2N5O4/c1-25-12-14-29(42)21-36(25)48(41(44)49)46-24-26-13-15-38(32(43)19-26)52-37-16-17-45-35-23-40(39(50-2)22-31(35)37)51-18-6-9-27-8-5-11-34-30(27)20-28-7-3-4-10-33(28)47-34/h3-5,7-8,10-17,19-24H,6,9,18H2,1-2H3,(H2,44,49)/b46-24+. The Morgan fingerprint density at radius 1 is 0.846 bits per heavy atom. The summed E-state index contributed by atoms with van der Waals surface area (Å²) in [5.41, 5.74) is 10.3. The average Bonchev–Trinajstić information content (AvgIpc) is 3.14. The van der Waals surface area contributed by atoms with Crippen LogP contribution in [0.25, 0.3) is 32.7 Å². The molecule has 0 spiro atoms. The number of aromatic nitrogens is 2. The number of ether oxygens (including phenoxy) is 3. The predicted molar refractivity (Wildman–Crippen MR) is 199 cm³/mol. The van der Waals surface area contributed by atoms with Crippen molar-refractivity contribution >= 4 is 50.6 Å².